The molecule has 1 aliphatic rings. The van der Waals surface area contributed by atoms with Crippen molar-refractivity contribution in [2.75, 3.05) is 13.1 Å². The van der Waals surface area contributed by atoms with Crippen LogP contribution in [0.3, 0.4) is 0 Å². The van der Waals surface area contributed by atoms with Gasteiger partial charge in [-0.2, -0.15) is 13.2 Å². The summed E-state index contributed by atoms with van der Waals surface area (Å²) in [7, 11) is 0. The van der Waals surface area contributed by atoms with E-state index in [4.69, 9.17) is 4.74 Å². The van der Waals surface area contributed by atoms with Gasteiger partial charge in [0.05, 0.1) is 11.6 Å². The minimum atomic E-state index is -4.41. The van der Waals surface area contributed by atoms with Crippen LogP contribution in [0.1, 0.15) is 41.9 Å². The molecular formula is C19H21F3N2O2S. The topological polar surface area (TPSA) is 42.4 Å². The quantitative estimate of drug-likeness (QED) is 0.746. The van der Waals surface area contributed by atoms with Crippen LogP contribution >= 0.6 is 11.3 Å². The molecule has 0 bridgehead atoms. The number of nitrogens with zero attached hydrogens (tertiary/aromatic N) is 2. The SMILES string of the molecule is CC(OCc1ccccc1)C(=O)N1CCC(c2nc(C(F)(F)F)cs2)CC1. The van der Waals surface area contributed by atoms with Crippen LogP contribution in [0.25, 0.3) is 0 Å². The average molecular weight is 398 g/mol. The van der Waals surface area contributed by atoms with Gasteiger partial charge in [-0.25, -0.2) is 4.98 Å². The van der Waals surface area contributed by atoms with Crippen LogP contribution in [0.5, 0.6) is 0 Å². The zero-order valence-corrected chi connectivity index (χ0v) is 15.7. The number of ether oxygens (including phenoxy) is 1. The normalized spacial score (nSPS) is 17.1. The third-order valence-electron chi connectivity index (χ3n) is 4.66. The molecule has 146 valence electrons. The highest BCUT2D eigenvalue weighted by molar-refractivity contribution is 7.09. The lowest BCUT2D eigenvalue weighted by atomic mass is 9.97. The molecule has 1 aliphatic heterocycles. The van der Waals surface area contributed by atoms with Gasteiger partial charge >= 0.3 is 6.18 Å². The number of likely N-dealkylation sites (tertiary alicyclic amines) is 1. The standard InChI is InChI=1S/C19H21F3N2O2S/c1-13(26-11-14-5-3-2-4-6-14)18(25)24-9-7-15(8-10-24)17-23-16(12-27-17)19(20,21)22/h2-6,12-13,15H,7-11H2,1H3. The van der Waals surface area contributed by atoms with Crippen LogP contribution in [-0.2, 0) is 22.3 Å². The molecule has 0 radical (unpaired) electrons. The van der Waals surface area contributed by atoms with Crippen LogP contribution in [0.2, 0.25) is 0 Å². The van der Waals surface area contributed by atoms with Crippen molar-refractivity contribution in [3.05, 3.63) is 52.0 Å². The molecule has 1 unspecified atom stereocenters. The first kappa shape index (κ1) is 19.8. The van der Waals surface area contributed by atoms with E-state index in [0.717, 1.165) is 22.3 Å². The third kappa shape index (κ3) is 5.07. The Bertz CT molecular complexity index is 756. The Balaban J connectivity index is 1.49. The van der Waals surface area contributed by atoms with Crippen molar-refractivity contribution in [2.24, 2.45) is 0 Å². The molecule has 1 saturated heterocycles. The van der Waals surface area contributed by atoms with Gasteiger partial charge in [-0.05, 0) is 25.3 Å². The second-order valence-electron chi connectivity index (χ2n) is 6.61. The van der Waals surface area contributed by atoms with Crippen molar-refractivity contribution >= 4 is 17.2 Å². The van der Waals surface area contributed by atoms with Crippen LogP contribution in [0.4, 0.5) is 13.2 Å². The van der Waals surface area contributed by atoms with E-state index in [2.05, 4.69) is 4.98 Å². The fourth-order valence-electron chi connectivity index (χ4n) is 3.08. The number of alkyl halides is 3. The van der Waals surface area contributed by atoms with Gasteiger partial charge in [-0.15, -0.1) is 11.3 Å². The summed E-state index contributed by atoms with van der Waals surface area (Å²) in [6.07, 6.45) is -3.74. The van der Waals surface area contributed by atoms with E-state index in [1.54, 1.807) is 11.8 Å². The van der Waals surface area contributed by atoms with Gasteiger partial charge < -0.3 is 9.64 Å². The van der Waals surface area contributed by atoms with E-state index >= 15 is 0 Å². The molecule has 1 aromatic carbocycles. The lowest BCUT2D eigenvalue weighted by Gasteiger charge is -2.32. The summed E-state index contributed by atoms with van der Waals surface area (Å²) in [6.45, 7) is 3.10. The lowest BCUT2D eigenvalue weighted by molar-refractivity contribution is -0.144. The van der Waals surface area contributed by atoms with E-state index in [1.807, 2.05) is 30.3 Å². The first-order valence-electron chi connectivity index (χ1n) is 8.81. The van der Waals surface area contributed by atoms with Gasteiger partial charge in [-0.3, -0.25) is 4.79 Å². The number of halogens is 3. The van der Waals surface area contributed by atoms with Crippen LogP contribution in [0.15, 0.2) is 35.7 Å². The molecule has 0 spiro atoms. The van der Waals surface area contributed by atoms with Crippen molar-refractivity contribution < 1.29 is 22.7 Å². The molecule has 1 atom stereocenters. The fourth-order valence-corrected chi connectivity index (χ4v) is 4.07. The average Bonchev–Trinajstić information content (AvgIpc) is 3.17. The molecule has 0 N–H and O–H groups in total. The number of amides is 1. The minimum absolute atomic E-state index is 0.0318. The highest BCUT2D eigenvalue weighted by Gasteiger charge is 2.35. The Morgan fingerprint density at radius 2 is 1.96 bits per heavy atom. The molecule has 0 aliphatic carbocycles. The zero-order valence-electron chi connectivity index (χ0n) is 14.9. The van der Waals surface area contributed by atoms with Gasteiger partial charge in [0.15, 0.2) is 5.69 Å². The Labute approximate surface area is 160 Å². The van der Waals surface area contributed by atoms with Crippen molar-refractivity contribution in [1.82, 2.24) is 9.88 Å². The molecule has 0 saturated carbocycles. The Morgan fingerprint density at radius 1 is 1.30 bits per heavy atom. The van der Waals surface area contributed by atoms with E-state index in [-0.39, 0.29) is 11.8 Å². The summed E-state index contributed by atoms with van der Waals surface area (Å²) in [5, 5.41) is 1.56. The summed E-state index contributed by atoms with van der Waals surface area (Å²) in [5.74, 6) is -0.116. The number of carbonyl (C=O) groups excluding carboxylic acids is 1. The highest BCUT2D eigenvalue weighted by Crippen LogP contribution is 2.35. The smallest absolute Gasteiger partial charge is 0.364 e. The molecule has 1 fully saturated rings. The number of hydrogen-bond acceptors (Lipinski definition) is 4. The Kier molecular flexibility index (Phi) is 6.16. The van der Waals surface area contributed by atoms with Gasteiger partial charge in [0.1, 0.15) is 6.10 Å². The monoisotopic (exact) mass is 398 g/mol. The predicted molar refractivity (Wildman–Crippen MR) is 96.4 cm³/mol. The largest absolute Gasteiger partial charge is 0.434 e. The van der Waals surface area contributed by atoms with Crippen molar-refractivity contribution in [3.63, 3.8) is 0 Å². The molecule has 2 aromatic rings. The maximum absolute atomic E-state index is 12.7. The maximum Gasteiger partial charge on any atom is 0.434 e. The fraction of sp³-hybridized carbons (Fsp3) is 0.474. The van der Waals surface area contributed by atoms with Gasteiger partial charge in [0.2, 0.25) is 0 Å². The van der Waals surface area contributed by atoms with Crippen molar-refractivity contribution in [3.8, 4) is 0 Å². The molecular weight excluding hydrogens is 377 g/mol. The third-order valence-corrected chi connectivity index (χ3v) is 5.67. The molecule has 1 amide bonds. The number of rotatable bonds is 5. The number of thiazole rings is 1. The van der Waals surface area contributed by atoms with E-state index < -0.39 is 18.0 Å². The van der Waals surface area contributed by atoms with Crippen LogP contribution < -0.4 is 0 Å². The summed E-state index contributed by atoms with van der Waals surface area (Å²) < 4.78 is 43.8. The number of benzene rings is 1. The maximum atomic E-state index is 12.7. The summed E-state index contributed by atoms with van der Waals surface area (Å²) in [4.78, 5) is 18.0. The summed E-state index contributed by atoms with van der Waals surface area (Å²) in [6, 6.07) is 9.62. The van der Waals surface area contributed by atoms with Gasteiger partial charge in [0.25, 0.3) is 5.91 Å². The lowest BCUT2D eigenvalue weighted by Crippen LogP contribution is -2.43. The second kappa shape index (κ2) is 8.39. The number of piperidine rings is 1. The molecule has 3 rings (SSSR count). The predicted octanol–water partition coefficient (Wildman–Crippen LogP) is 4.47. The number of hydrogen-bond donors (Lipinski definition) is 0. The first-order valence-corrected chi connectivity index (χ1v) is 9.69. The van der Waals surface area contributed by atoms with E-state index in [0.29, 0.717) is 37.5 Å². The van der Waals surface area contributed by atoms with Crippen LogP contribution in [-0.4, -0.2) is 35.0 Å². The van der Waals surface area contributed by atoms with Crippen molar-refractivity contribution in [2.45, 2.75) is 44.6 Å². The Hall–Kier alpha value is -1.93. The van der Waals surface area contributed by atoms with E-state index in [1.165, 1.54) is 0 Å². The zero-order chi connectivity index (χ0) is 19.4. The van der Waals surface area contributed by atoms with Gasteiger partial charge in [-0.1, -0.05) is 30.3 Å². The first-order chi connectivity index (χ1) is 12.8. The highest BCUT2D eigenvalue weighted by atomic mass is 32.1. The molecule has 4 nitrogen and oxygen atoms in total. The Morgan fingerprint density at radius 3 is 2.56 bits per heavy atom. The van der Waals surface area contributed by atoms with Gasteiger partial charge in [0, 0.05) is 24.4 Å². The molecule has 8 heteroatoms. The summed E-state index contributed by atoms with van der Waals surface area (Å²) in [5.41, 5.74) is 0.170. The number of carbonyl (C=O) groups is 1. The van der Waals surface area contributed by atoms with Crippen molar-refractivity contribution in [1.29, 1.82) is 0 Å². The van der Waals surface area contributed by atoms with Crippen LogP contribution in [0, 0.1) is 0 Å². The number of aromatic nitrogens is 1. The molecule has 27 heavy (non-hydrogen) atoms. The minimum Gasteiger partial charge on any atom is -0.364 e. The second-order valence-corrected chi connectivity index (χ2v) is 7.50. The van der Waals surface area contributed by atoms with E-state index in [9.17, 15) is 18.0 Å². The summed E-state index contributed by atoms with van der Waals surface area (Å²) >= 11 is 1.05. The molecule has 2 heterocycles. The molecule has 1 aromatic heterocycles.